The van der Waals surface area contributed by atoms with Crippen molar-refractivity contribution in [1.82, 2.24) is 15.5 Å². The Labute approximate surface area is 172 Å². The molecule has 0 radical (unpaired) electrons. The molecule has 2 N–H and O–H groups in total. The number of nitrogens with one attached hydrogen (secondary N) is 2. The molecule has 0 aromatic heterocycles. The summed E-state index contributed by atoms with van der Waals surface area (Å²) in [6.45, 7) is 3.87. The van der Waals surface area contributed by atoms with E-state index in [1.54, 1.807) is 31.4 Å². The summed E-state index contributed by atoms with van der Waals surface area (Å²) >= 11 is 0. The number of amides is 3. The molecule has 0 spiro atoms. The van der Waals surface area contributed by atoms with Gasteiger partial charge in [-0.25, -0.2) is 0 Å². The van der Waals surface area contributed by atoms with Crippen LogP contribution in [-0.2, 0) is 9.59 Å². The fourth-order valence-corrected chi connectivity index (χ4v) is 3.76. The van der Waals surface area contributed by atoms with Crippen LogP contribution in [-0.4, -0.2) is 55.4 Å². The first-order chi connectivity index (χ1) is 14.0. The van der Waals surface area contributed by atoms with E-state index in [0.29, 0.717) is 43.8 Å². The fourth-order valence-electron chi connectivity index (χ4n) is 3.76. The Balaban J connectivity index is 1.64. The lowest BCUT2D eigenvalue weighted by Crippen LogP contribution is -2.54. The molecule has 1 aromatic rings. The molecule has 1 aromatic carbocycles. The van der Waals surface area contributed by atoms with Crippen molar-refractivity contribution >= 4 is 17.7 Å². The number of hydrogen-bond acceptors (Lipinski definition) is 4. The van der Waals surface area contributed by atoms with E-state index in [2.05, 4.69) is 10.6 Å². The van der Waals surface area contributed by atoms with Crippen LogP contribution in [0.3, 0.4) is 0 Å². The van der Waals surface area contributed by atoms with Crippen molar-refractivity contribution in [2.45, 2.75) is 45.1 Å². The molecule has 1 aliphatic carbocycles. The number of likely N-dealkylation sites (tertiary alicyclic amines) is 1. The summed E-state index contributed by atoms with van der Waals surface area (Å²) in [6, 6.07) is 6.22. The second-order valence-corrected chi connectivity index (χ2v) is 7.91. The van der Waals surface area contributed by atoms with E-state index in [4.69, 9.17) is 4.74 Å². The summed E-state index contributed by atoms with van der Waals surface area (Å²) in [5.74, 6) is 0.716. The molecule has 2 aliphatic rings. The van der Waals surface area contributed by atoms with Crippen LogP contribution in [0.2, 0.25) is 0 Å². The van der Waals surface area contributed by atoms with Gasteiger partial charge in [0.05, 0.1) is 7.11 Å². The Morgan fingerprint density at radius 2 is 1.76 bits per heavy atom. The lowest BCUT2D eigenvalue weighted by Gasteiger charge is -2.36. The van der Waals surface area contributed by atoms with Crippen LogP contribution in [0.25, 0.3) is 0 Å². The number of piperidine rings is 1. The van der Waals surface area contributed by atoms with E-state index in [1.807, 2.05) is 11.8 Å². The number of hydrogen-bond donors (Lipinski definition) is 2. The maximum atomic E-state index is 12.8. The highest BCUT2D eigenvalue weighted by Gasteiger charge is 2.38. The highest BCUT2D eigenvalue weighted by Crippen LogP contribution is 2.33. The first kappa shape index (κ1) is 21.1. The van der Waals surface area contributed by atoms with Gasteiger partial charge in [0.25, 0.3) is 5.91 Å². The minimum atomic E-state index is -0.602. The Bertz CT molecular complexity index is 722. The van der Waals surface area contributed by atoms with Crippen LogP contribution in [0.1, 0.15) is 49.4 Å². The number of nitrogens with zero attached hydrogens (tertiary/aromatic N) is 1. The highest BCUT2D eigenvalue weighted by atomic mass is 16.5. The van der Waals surface area contributed by atoms with Gasteiger partial charge in [-0.05, 0) is 62.3 Å². The first-order valence-corrected chi connectivity index (χ1v) is 10.5. The number of carbonyl (C=O) groups excluding carboxylic acids is 3. The van der Waals surface area contributed by atoms with Gasteiger partial charge in [0.1, 0.15) is 11.8 Å². The predicted molar refractivity (Wildman–Crippen MR) is 110 cm³/mol. The maximum absolute atomic E-state index is 12.8. The van der Waals surface area contributed by atoms with Crippen molar-refractivity contribution in [2.75, 3.05) is 26.7 Å². The monoisotopic (exact) mass is 401 g/mol. The van der Waals surface area contributed by atoms with Gasteiger partial charge in [-0.2, -0.15) is 0 Å². The zero-order valence-electron chi connectivity index (χ0n) is 17.3. The number of ether oxygens (including phenoxy) is 1. The second-order valence-electron chi connectivity index (χ2n) is 7.91. The lowest BCUT2D eigenvalue weighted by atomic mass is 9.88. The van der Waals surface area contributed by atoms with Crippen molar-refractivity contribution in [1.29, 1.82) is 0 Å². The SMILES string of the molecule is CCCNC(=O)C(NC(=O)c1ccc(OC)cc1)C1CCN(C(=O)C2CC2)CC1. The average molecular weight is 402 g/mol. The summed E-state index contributed by atoms with van der Waals surface area (Å²) in [4.78, 5) is 39.7. The fraction of sp³-hybridized carbons (Fsp3) is 0.591. The van der Waals surface area contributed by atoms with E-state index < -0.39 is 6.04 Å². The minimum Gasteiger partial charge on any atom is -0.497 e. The molecule has 1 saturated heterocycles. The normalized spacial score (nSPS) is 18.1. The summed E-state index contributed by atoms with van der Waals surface area (Å²) in [6.07, 6.45) is 4.26. The van der Waals surface area contributed by atoms with Crippen molar-refractivity contribution in [3.05, 3.63) is 29.8 Å². The van der Waals surface area contributed by atoms with Gasteiger partial charge < -0.3 is 20.3 Å². The van der Waals surface area contributed by atoms with Gasteiger partial charge in [0, 0.05) is 31.1 Å². The molecule has 1 saturated carbocycles. The van der Waals surface area contributed by atoms with Gasteiger partial charge in [-0.15, -0.1) is 0 Å². The quantitative estimate of drug-likeness (QED) is 0.697. The zero-order chi connectivity index (χ0) is 20.8. The molecule has 7 heteroatoms. The summed E-state index contributed by atoms with van der Waals surface area (Å²) in [7, 11) is 1.57. The number of rotatable bonds is 8. The molecule has 1 unspecified atom stereocenters. The van der Waals surface area contributed by atoms with E-state index in [9.17, 15) is 14.4 Å². The predicted octanol–water partition coefficient (Wildman–Crippen LogP) is 1.97. The van der Waals surface area contributed by atoms with Gasteiger partial charge in [-0.3, -0.25) is 14.4 Å². The molecule has 1 atom stereocenters. The lowest BCUT2D eigenvalue weighted by molar-refractivity contribution is -0.134. The average Bonchev–Trinajstić information content (AvgIpc) is 3.61. The van der Waals surface area contributed by atoms with Gasteiger partial charge >= 0.3 is 0 Å². The van der Waals surface area contributed by atoms with Crippen molar-refractivity contribution in [3.63, 3.8) is 0 Å². The topological polar surface area (TPSA) is 87.7 Å². The smallest absolute Gasteiger partial charge is 0.251 e. The van der Waals surface area contributed by atoms with Crippen molar-refractivity contribution in [3.8, 4) is 5.75 Å². The van der Waals surface area contributed by atoms with Crippen molar-refractivity contribution in [2.24, 2.45) is 11.8 Å². The Morgan fingerprint density at radius 3 is 2.31 bits per heavy atom. The molecule has 2 fully saturated rings. The third-order valence-electron chi connectivity index (χ3n) is 5.72. The Kier molecular flexibility index (Phi) is 7.12. The van der Waals surface area contributed by atoms with Gasteiger partial charge in [0.2, 0.25) is 11.8 Å². The van der Waals surface area contributed by atoms with Crippen LogP contribution >= 0.6 is 0 Å². The molecule has 1 heterocycles. The summed E-state index contributed by atoms with van der Waals surface area (Å²) in [5, 5.41) is 5.85. The van der Waals surface area contributed by atoms with Gasteiger partial charge in [0.15, 0.2) is 0 Å². The standard InChI is InChI=1S/C22H31N3O4/c1-3-12-23-21(27)19(24-20(26)16-6-8-18(29-2)9-7-16)15-10-13-25(14-11-15)22(28)17-4-5-17/h6-9,15,17,19H,3-5,10-14H2,1-2H3,(H,23,27)(H,24,26). The first-order valence-electron chi connectivity index (χ1n) is 10.5. The minimum absolute atomic E-state index is 0.0114. The number of benzene rings is 1. The van der Waals surface area contributed by atoms with Crippen LogP contribution in [0, 0.1) is 11.8 Å². The van der Waals surface area contributed by atoms with Crippen LogP contribution < -0.4 is 15.4 Å². The van der Waals surface area contributed by atoms with E-state index in [-0.39, 0.29) is 29.6 Å². The van der Waals surface area contributed by atoms with Crippen LogP contribution in [0.5, 0.6) is 5.75 Å². The summed E-state index contributed by atoms with van der Waals surface area (Å²) in [5.41, 5.74) is 0.487. The highest BCUT2D eigenvalue weighted by molar-refractivity contribution is 5.97. The maximum Gasteiger partial charge on any atom is 0.251 e. The van der Waals surface area contributed by atoms with Gasteiger partial charge in [-0.1, -0.05) is 6.92 Å². The van der Waals surface area contributed by atoms with Crippen LogP contribution in [0.15, 0.2) is 24.3 Å². The molecule has 0 bridgehead atoms. The number of methoxy groups -OCH3 is 1. The molecule has 158 valence electrons. The number of carbonyl (C=O) groups is 3. The largest absolute Gasteiger partial charge is 0.497 e. The molecule has 1 aliphatic heterocycles. The van der Waals surface area contributed by atoms with Crippen LogP contribution in [0.4, 0.5) is 0 Å². The van der Waals surface area contributed by atoms with Crippen molar-refractivity contribution < 1.29 is 19.1 Å². The Hall–Kier alpha value is -2.57. The molecular weight excluding hydrogens is 370 g/mol. The van der Waals surface area contributed by atoms with E-state index in [0.717, 1.165) is 19.3 Å². The third-order valence-corrected chi connectivity index (χ3v) is 5.72. The zero-order valence-corrected chi connectivity index (χ0v) is 17.3. The molecule has 3 amide bonds. The Morgan fingerprint density at radius 1 is 1.10 bits per heavy atom. The third kappa shape index (κ3) is 5.49. The molecule has 3 rings (SSSR count). The van der Waals surface area contributed by atoms with E-state index >= 15 is 0 Å². The van der Waals surface area contributed by atoms with E-state index in [1.165, 1.54) is 0 Å². The molecule has 7 nitrogen and oxygen atoms in total. The molecule has 29 heavy (non-hydrogen) atoms. The second kappa shape index (κ2) is 9.76. The molecular formula is C22H31N3O4. The summed E-state index contributed by atoms with van der Waals surface area (Å²) < 4.78 is 5.13.